The van der Waals surface area contributed by atoms with Crippen molar-refractivity contribution in [3.8, 4) is 5.75 Å². The van der Waals surface area contributed by atoms with Crippen LogP contribution in [-0.4, -0.2) is 30.6 Å². The molecule has 0 bridgehead atoms. The van der Waals surface area contributed by atoms with Crippen LogP contribution >= 0.6 is 0 Å². The Morgan fingerprint density at radius 2 is 1.82 bits per heavy atom. The van der Waals surface area contributed by atoms with E-state index in [4.69, 9.17) is 9.15 Å². The number of rotatable bonds is 8. The summed E-state index contributed by atoms with van der Waals surface area (Å²) in [7, 11) is -2.47. The third-order valence-corrected chi connectivity index (χ3v) is 7.09. The molecule has 4 aromatic rings. The number of carbonyl (C=O) groups excluding carboxylic acids is 1. The Morgan fingerprint density at radius 3 is 2.45 bits per heavy atom. The molecule has 2 aromatic heterocycles. The van der Waals surface area contributed by atoms with E-state index in [-0.39, 0.29) is 34.9 Å². The molecule has 9 heteroatoms. The van der Waals surface area contributed by atoms with Gasteiger partial charge in [0.1, 0.15) is 11.5 Å². The summed E-state index contributed by atoms with van der Waals surface area (Å²) < 4.78 is 38.8. The van der Waals surface area contributed by atoms with Gasteiger partial charge >= 0.3 is 0 Å². The Bertz CT molecular complexity index is 1460. The first-order valence-electron chi connectivity index (χ1n) is 10.1. The molecule has 0 aliphatic heterocycles. The SMILES string of the molecule is COc1ccc2[nH]c(=O)c(CN(Cc3ccco3)S(=O)(=O)c3ccc(C(C)=O)cc3)cc2c1. The van der Waals surface area contributed by atoms with Crippen molar-refractivity contribution in [2.75, 3.05) is 7.11 Å². The number of ketones is 1. The molecule has 33 heavy (non-hydrogen) atoms. The third kappa shape index (κ3) is 4.74. The fraction of sp³-hybridized carbons (Fsp3) is 0.167. The summed E-state index contributed by atoms with van der Waals surface area (Å²) in [6.07, 6.45) is 1.46. The Labute approximate surface area is 190 Å². The summed E-state index contributed by atoms with van der Waals surface area (Å²) >= 11 is 0. The molecule has 0 radical (unpaired) electrons. The Morgan fingerprint density at radius 1 is 1.06 bits per heavy atom. The van der Waals surface area contributed by atoms with Crippen LogP contribution in [0.1, 0.15) is 28.6 Å². The number of nitrogens with one attached hydrogen (secondary N) is 1. The lowest BCUT2D eigenvalue weighted by Gasteiger charge is -2.21. The minimum absolute atomic E-state index is 0.0120. The molecule has 0 unspecified atom stereocenters. The van der Waals surface area contributed by atoms with Gasteiger partial charge in [-0.25, -0.2) is 8.42 Å². The highest BCUT2D eigenvalue weighted by Gasteiger charge is 2.27. The second-order valence-corrected chi connectivity index (χ2v) is 9.45. The number of hydrogen-bond acceptors (Lipinski definition) is 6. The Balaban J connectivity index is 1.75. The quantitative estimate of drug-likeness (QED) is 0.396. The highest BCUT2D eigenvalue weighted by molar-refractivity contribution is 7.89. The molecule has 0 aliphatic carbocycles. The Kier molecular flexibility index (Phi) is 6.17. The minimum atomic E-state index is -4.02. The number of ether oxygens (including phenoxy) is 1. The number of benzene rings is 2. The largest absolute Gasteiger partial charge is 0.497 e. The second-order valence-electron chi connectivity index (χ2n) is 7.51. The van der Waals surface area contributed by atoms with Crippen LogP contribution in [0, 0.1) is 0 Å². The molecule has 170 valence electrons. The average molecular weight is 467 g/mol. The monoisotopic (exact) mass is 466 g/mol. The summed E-state index contributed by atoms with van der Waals surface area (Å²) in [5.41, 5.74) is 0.904. The molecule has 0 amide bonds. The van der Waals surface area contributed by atoms with Gasteiger partial charge in [-0.3, -0.25) is 9.59 Å². The van der Waals surface area contributed by atoms with E-state index in [9.17, 15) is 18.0 Å². The summed E-state index contributed by atoms with van der Waals surface area (Å²) in [6, 6.07) is 15.9. The lowest BCUT2D eigenvalue weighted by molar-refractivity contribution is 0.101. The first-order chi connectivity index (χ1) is 15.8. The smallest absolute Gasteiger partial charge is 0.252 e. The van der Waals surface area contributed by atoms with Gasteiger partial charge in [0.15, 0.2) is 5.78 Å². The van der Waals surface area contributed by atoms with Gasteiger partial charge in [0.05, 0.1) is 24.8 Å². The van der Waals surface area contributed by atoms with Gasteiger partial charge in [-0.2, -0.15) is 4.31 Å². The topological polar surface area (TPSA) is 110 Å². The van der Waals surface area contributed by atoms with E-state index < -0.39 is 10.0 Å². The number of sulfonamides is 1. The van der Waals surface area contributed by atoms with Crippen LogP contribution in [0.5, 0.6) is 5.75 Å². The van der Waals surface area contributed by atoms with Crippen molar-refractivity contribution >= 4 is 26.7 Å². The number of fused-ring (bicyclic) bond motifs is 1. The summed E-state index contributed by atoms with van der Waals surface area (Å²) in [5, 5.41) is 0.713. The van der Waals surface area contributed by atoms with E-state index in [2.05, 4.69) is 4.98 Å². The maximum atomic E-state index is 13.5. The number of furan rings is 1. The van der Waals surface area contributed by atoms with Crippen molar-refractivity contribution in [3.05, 3.63) is 94.2 Å². The molecule has 8 nitrogen and oxygen atoms in total. The highest BCUT2D eigenvalue weighted by atomic mass is 32.2. The van der Waals surface area contributed by atoms with Crippen LogP contribution in [0.25, 0.3) is 10.9 Å². The number of pyridine rings is 1. The van der Waals surface area contributed by atoms with Crippen LogP contribution in [-0.2, 0) is 23.1 Å². The first-order valence-corrected chi connectivity index (χ1v) is 11.6. The molecule has 0 aliphatic rings. The molecule has 4 rings (SSSR count). The second kappa shape index (κ2) is 9.05. The fourth-order valence-electron chi connectivity index (χ4n) is 3.48. The highest BCUT2D eigenvalue weighted by Crippen LogP contribution is 2.23. The van der Waals surface area contributed by atoms with Crippen molar-refractivity contribution in [1.29, 1.82) is 0 Å². The van der Waals surface area contributed by atoms with Gasteiger partial charge in [-0.1, -0.05) is 12.1 Å². The molecule has 0 spiro atoms. The number of aromatic nitrogens is 1. The van der Waals surface area contributed by atoms with E-state index in [0.29, 0.717) is 28.0 Å². The van der Waals surface area contributed by atoms with Crippen molar-refractivity contribution in [1.82, 2.24) is 9.29 Å². The van der Waals surface area contributed by atoms with Gasteiger partial charge in [-0.15, -0.1) is 0 Å². The minimum Gasteiger partial charge on any atom is -0.497 e. The predicted octanol–water partition coefficient (Wildman–Crippen LogP) is 3.72. The number of aromatic amines is 1. The standard InChI is InChI=1S/C24H22N2O6S/c1-16(27)17-5-8-22(9-6-17)33(29,30)26(15-21-4-3-11-32-21)14-19-12-18-13-20(31-2)7-10-23(18)25-24(19)28/h3-13H,14-15H2,1-2H3,(H,25,28). The normalized spacial score (nSPS) is 11.7. The van der Waals surface area contributed by atoms with E-state index >= 15 is 0 Å². The summed E-state index contributed by atoms with van der Waals surface area (Å²) in [6.45, 7) is 1.16. The predicted molar refractivity (Wildman–Crippen MR) is 123 cm³/mol. The lowest BCUT2D eigenvalue weighted by Crippen LogP contribution is -2.32. The van der Waals surface area contributed by atoms with Crippen LogP contribution in [0.15, 0.2) is 81.0 Å². The molecule has 0 saturated carbocycles. The van der Waals surface area contributed by atoms with Gasteiger partial charge in [0.25, 0.3) is 5.56 Å². The molecule has 0 fully saturated rings. The third-order valence-electron chi connectivity index (χ3n) is 5.29. The van der Waals surface area contributed by atoms with Crippen LogP contribution < -0.4 is 10.3 Å². The van der Waals surface area contributed by atoms with Gasteiger partial charge in [0, 0.05) is 28.6 Å². The zero-order valence-electron chi connectivity index (χ0n) is 18.1. The number of Topliss-reactive ketones (excluding diaryl/α,β-unsaturated/α-hetero) is 1. The maximum absolute atomic E-state index is 13.5. The lowest BCUT2D eigenvalue weighted by atomic mass is 10.1. The van der Waals surface area contributed by atoms with Gasteiger partial charge < -0.3 is 14.1 Å². The zero-order valence-corrected chi connectivity index (χ0v) is 18.9. The van der Waals surface area contributed by atoms with Crippen molar-refractivity contribution in [3.63, 3.8) is 0 Å². The van der Waals surface area contributed by atoms with E-state index in [1.165, 1.54) is 41.8 Å². The number of carbonyl (C=O) groups is 1. The van der Waals surface area contributed by atoms with Gasteiger partial charge in [-0.05, 0) is 55.5 Å². The molecule has 0 saturated heterocycles. The van der Waals surface area contributed by atoms with Gasteiger partial charge in [0.2, 0.25) is 10.0 Å². The van der Waals surface area contributed by atoms with Crippen molar-refractivity contribution in [2.45, 2.75) is 24.9 Å². The molecular weight excluding hydrogens is 444 g/mol. The average Bonchev–Trinajstić information content (AvgIpc) is 3.32. The van der Waals surface area contributed by atoms with E-state index in [0.717, 1.165) is 0 Å². The fourth-order valence-corrected chi connectivity index (χ4v) is 4.86. The van der Waals surface area contributed by atoms with E-state index in [1.54, 1.807) is 43.5 Å². The Hall–Kier alpha value is -3.69. The number of hydrogen-bond donors (Lipinski definition) is 1. The van der Waals surface area contributed by atoms with Crippen molar-refractivity contribution in [2.24, 2.45) is 0 Å². The molecule has 2 aromatic carbocycles. The molecule has 1 N–H and O–H groups in total. The van der Waals surface area contributed by atoms with Crippen LogP contribution in [0.2, 0.25) is 0 Å². The summed E-state index contributed by atoms with van der Waals surface area (Å²) in [5.74, 6) is 0.883. The number of methoxy groups -OCH3 is 1. The van der Waals surface area contributed by atoms with Crippen molar-refractivity contribution < 1.29 is 22.4 Å². The molecule has 0 atom stereocenters. The first kappa shape index (κ1) is 22.5. The molecular formula is C24H22N2O6S. The van der Waals surface area contributed by atoms with Crippen LogP contribution in [0.3, 0.4) is 0 Å². The zero-order chi connectivity index (χ0) is 23.6. The van der Waals surface area contributed by atoms with Crippen LogP contribution in [0.4, 0.5) is 0 Å². The number of nitrogens with zero attached hydrogens (tertiary/aromatic N) is 1. The van der Waals surface area contributed by atoms with E-state index in [1.807, 2.05) is 0 Å². The number of H-pyrrole nitrogens is 1. The summed E-state index contributed by atoms with van der Waals surface area (Å²) in [4.78, 5) is 27.1. The molecule has 2 heterocycles. The maximum Gasteiger partial charge on any atom is 0.252 e.